The highest BCUT2D eigenvalue weighted by Crippen LogP contribution is 2.47. The Bertz CT molecular complexity index is 1660. The maximum absolute atomic E-state index is 15.2. The van der Waals surface area contributed by atoms with E-state index >= 15 is 4.39 Å². The first-order valence-corrected chi connectivity index (χ1v) is 15.0. The van der Waals surface area contributed by atoms with Gasteiger partial charge in [-0.2, -0.15) is 0 Å². The van der Waals surface area contributed by atoms with Gasteiger partial charge in [0, 0.05) is 35.1 Å². The first kappa shape index (κ1) is 31.6. The second kappa shape index (κ2) is 14.3. The van der Waals surface area contributed by atoms with Crippen molar-refractivity contribution in [3.8, 4) is 23.0 Å². The Kier molecular flexibility index (Phi) is 10.1. The molecule has 0 radical (unpaired) electrons. The maximum Gasteiger partial charge on any atom is 0.240 e. The Balaban J connectivity index is 1.23. The fraction of sp³-hybridized carbons (Fsp3) is 0.324. The van der Waals surface area contributed by atoms with Crippen LogP contribution in [0.3, 0.4) is 0 Å². The third-order valence-electron chi connectivity index (χ3n) is 7.58. The average Bonchev–Trinajstić information content (AvgIpc) is 3.85. The van der Waals surface area contributed by atoms with Gasteiger partial charge in [-0.15, -0.1) is 0 Å². The van der Waals surface area contributed by atoms with Crippen LogP contribution in [0.2, 0.25) is 0 Å². The van der Waals surface area contributed by atoms with E-state index in [-0.39, 0.29) is 11.4 Å². The molecule has 3 N–H and O–H groups in total. The summed E-state index contributed by atoms with van der Waals surface area (Å²) in [4.78, 5) is 30.3. The number of hydrogen-bond acceptors (Lipinski definition) is 7. The lowest BCUT2D eigenvalue weighted by Crippen LogP contribution is -2.35. The van der Waals surface area contributed by atoms with Crippen LogP contribution >= 0.6 is 0 Å². The second-order valence-electron chi connectivity index (χ2n) is 10.9. The van der Waals surface area contributed by atoms with Gasteiger partial charge in [0.05, 0.1) is 19.2 Å². The summed E-state index contributed by atoms with van der Waals surface area (Å²) < 4.78 is 45.8. The third kappa shape index (κ3) is 7.66. The predicted octanol–water partition coefficient (Wildman–Crippen LogP) is 6.83. The molecular formula is C34H36F2N4O5. The molecule has 1 fully saturated rings. The van der Waals surface area contributed by atoms with Crippen LogP contribution in [0, 0.1) is 17.0 Å². The van der Waals surface area contributed by atoms with Crippen molar-refractivity contribution in [3.63, 3.8) is 0 Å². The molecule has 11 heteroatoms. The van der Waals surface area contributed by atoms with Gasteiger partial charge in [-0.05, 0) is 87.3 Å². The van der Waals surface area contributed by atoms with Crippen molar-refractivity contribution in [3.05, 3.63) is 78.5 Å². The lowest BCUT2D eigenvalue weighted by molar-refractivity contribution is -0.131. The molecule has 0 bridgehead atoms. The Hall–Kier alpha value is -4.77. The number of pyridine rings is 1. The molecule has 0 aliphatic heterocycles. The summed E-state index contributed by atoms with van der Waals surface area (Å²) in [7, 11) is 1.54. The largest absolute Gasteiger partial charge is 0.493 e. The topological polar surface area (TPSA) is 111 Å². The highest BCUT2D eigenvalue weighted by molar-refractivity contribution is 6.16. The van der Waals surface area contributed by atoms with E-state index in [1.54, 1.807) is 31.5 Å². The van der Waals surface area contributed by atoms with Crippen LogP contribution in [-0.2, 0) is 9.59 Å². The SMILES string of the molecule is CCCCNCCCOc1cc2nccc(Oc3ccc(NC(=O)C4(C(=O)Nc5ccc(F)cc5)CC4)cc3F)c2cc1OC. The number of unbranched alkanes of at least 4 members (excludes halogenated alkanes) is 1. The number of amides is 2. The van der Waals surface area contributed by atoms with Gasteiger partial charge < -0.3 is 30.2 Å². The number of hydrogen-bond donors (Lipinski definition) is 3. The molecule has 1 saturated carbocycles. The molecule has 0 spiro atoms. The van der Waals surface area contributed by atoms with Crippen molar-refractivity contribution in [1.29, 1.82) is 0 Å². The number of ether oxygens (including phenoxy) is 3. The molecule has 0 unspecified atom stereocenters. The number of halogens is 2. The smallest absolute Gasteiger partial charge is 0.240 e. The van der Waals surface area contributed by atoms with Crippen LogP contribution in [0.4, 0.5) is 20.2 Å². The average molecular weight is 619 g/mol. The molecule has 236 valence electrons. The molecule has 1 aliphatic carbocycles. The zero-order valence-electron chi connectivity index (χ0n) is 25.3. The van der Waals surface area contributed by atoms with E-state index in [0.29, 0.717) is 53.3 Å². The van der Waals surface area contributed by atoms with E-state index in [1.165, 1.54) is 36.4 Å². The molecule has 9 nitrogen and oxygen atoms in total. The minimum Gasteiger partial charge on any atom is -0.493 e. The van der Waals surface area contributed by atoms with Crippen molar-refractivity contribution in [1.82, 2.24) is 10.3 Å². The monoisotopic (exact) mass is 618 g/mol. The van der Waals surface area contributed by atoms with Gasteiger partial charge in [-0.3, -0.25) is 14.6 Å². The zero-order valence-corrected chi connectivity index (χ0v) is 25.3. The van der Waals surface area contributed by atoms with E-state index in [2.05, 4.69) is 27.9 Å². The lowest BCUT2D eigenvalue weighted by Gasteiger charge is -2.16. The first-order chi connectivity index (χ1) is 21.8. The molecule has 45 heavy (non-hydrogen) atoms. The van der Waals surface area contributed by atoms with Gasteiger partial charge in [0.15, 0.2) is 23.1 Å². The molecule has 2 amide bonds. The maximum atomic E-state index is 15.2. The number of benzene rings is 3. The number of methoxy groups -OCH3 is 1. The number of anilines is 2. The highest BCUT2D eigenvalue weighted by atomic mass is 19.1. The van der Waals surface area contributed by atoms with Crippen molar-refractivity contribution < 1.29 is 32.6 Å². The summed E-state index contributed by atoms with van der Waals surface area (Å²) in [5.41, 5.74) is -0.135. The normalized spacial score (nSPS) is 13.2. The molecule has 4 aromatic rings. The summed E-state index contributed by atoms with van der Waals surface area (Å²) in [5, 5.41) is 9.27. The fourth-order valence-electron chi connectivity index (χ4n) is 4.79. The zero-order chi connectivity index (χ0) is 31.8. The predicted molar refractivity (Wildman–Crippen MR) is 168 cm³/mol. The van der Waals surface area contributed by atoms with Crippen LogP contribution in [0.25, 0.3) is 10.9 Å². The Morgan fingerprint density at radius 3 is 2.24 bits per heavy atom. The summed E-state index contributed by atoms with van der Waals surface area (Å²) in [6.07, 6.45) is 5.37. The van der Waals surface area contributed by atoms with Crippen molar-refractivity contribution in [2.24, 2.45) is 5.41 Å². The van der Waals surface area contributed by atoms with Gasteiger partial charge in [0.2, 0.25) is 11.8 Å². The number of carbonyl (C=O) groups excluding carboxylic acids is 2. The minimum atomic E-state index is -1.27. The van der Waals surface area contributed by atoms with Crippen LogP contribution in [-0.4, -0.2) is 43.6 Å². The molecule has 5 rings (SSSR count). The first-order valence-electron chi connectivity index (χ1n) is 15.0. The fourth-order valence-corrected chi connectivity index (χ4v) is 4.79. The standard InChI is InChI=1S/C34H36F2N4O5/c1-3-4-15-37-16-5-18-44-31-21-27-25(20-30(31)43-2)28(12-17-38-27)45-29-11-10-24(19-26(29)36)40-33(42)34(13-14-34)32(41)39-23-8-6-22(35)7-9-23/h6-12,17,19-21,37H,3-5,13-16,18H2,1-2H3,(H,39,41)(H,40,42). The quantitative estimate of drug-likeness (QED) is 0.0990. The number of aromatic nitrogens is 1. The molecule has 1 heterocycles. The summed E-state index contributed by atoms with van der Waals surface area (Å²) in [6.45, 7) is 4.50. The van der Waals surface area contributed by atoms with Gasteiger partial charge in [-0.1, -0.05) is 13.3 Å². The van der Waals surface area contributed by atoms with Crippen molar-refractivity contribution >= 4 is 34.1 Å². The lowest BCUT2D eigenvalue weighted by atomic mass is 10.0. The van der Waals surface area contributed by atoms with Crippen LogP contribution < -0.4 is 30.2 Å². The van der Waals surface area contributed by atoms with Gasteiger partial charge in [0.1, 0.15) is 17.0 Å². The number of rotatable bonds is 15. The van der Waals surface area contributed by atoms with Gasteiger partial charge in [0.25, 0.3) is 0 Å². The van der Waals surface area contributed by atoms with E-state index < -0.39 is 28.9 Å². The number of nitrogens with one attached hydrogen (secondary N) is 3. The summed E-state index contributed by atoms with van der Waals surface area (Å²) in [6, 6.07) is 14.4. The molecule has 1 aliphatic rings. The Morgan fingerprint density at radius 2 is 1.56 bits per heavy atom. The molecule has 1 aromatic heterocycles. The van der Waals surface area contributed by atoms with Crippen LogP contribution in [0.1, 0.15) is 39.0 Å². The van der Waals surface area contributed by atoms with E-state index in [4.69, 9.17) is 14.2 Å². The number of fused-ring (bicyclic) bond motifs is 1. The number of nitrogens with zero attached hydrogens (tertiary/aromatic N) is 1. The van der Waals surface area contributed by atoms with Gasteiger partial charge >= 0.3 is 0 Å². The summed E-state index contributed by atoms with van der Waals surface area (Å²) in [5.74, 6) is -0.856. The van der Waals surface area contributed by atoms with Crippen LogP contribution in [0.5, 0.6) is 23.0 Å². The Labute approximate surface area is 260 Å². The summed E-state index contributed by atoms with van der Waals surface area (Å²) >= 11 is 0. The molecule has 0 saturated heterocycles. The third-order valence-corrected chi connectivity index (χ3v) is 7.58. The minimum absolute atomic E-state index is 0.0643. The van der Waals surface area contributed by atoms with E-state index in [9.17, 15) is 14.0 Å². The van der Waals surface area contributed by atoms with Gasteiger partial charge in [-0.25, -0.2) is 8.78 Å². The van der Waals surface area contributed by atoms with Crippen molar-refractivity contribution in [2.75, 3.05) is 37.4 Å². The van der Waals surface area contributed by atoms with E-state index in [1.807, 2.05) is 0 Å². The van der Waals surface area contributed by atoms with Crippen LogP contribution in [0.15, 0.2) is 66.9 Å². The Morgan fingerprint density at radius 1 is 0.844 bits per heavy atom. The molecule has 3 aromatic carbocycles. The number of carbonyl (C=O) groups is 2. The van der Waals surface area contributed by atoms with E-state index in [0.717, 1.165) is 38.4 Å². The molecule has 0 atom stereocenters. The highest BCUT2D eigenvalue weighted by Gasteiger charge is 2.56. The second-order valence-corrected chi connectivity index (χ2v) is 10.9. The van der Waals surface area contributed by atoms with Crippen molar-refractivity contribution in [2.45, 2.75) is 39.0 Å². The molecular weight excluding hydrogens is 582 g/mol.